The molecule has 6 heteroatoms. The van der Waals surface area contributed by atoms with Crippen molar-refractivity contribution in [1.29, 1.82) is 0 Å². The molecule has 0 aromatic heterocycles. The molecule has 0 spiro atoms. The van der Waals surface area contributed by atoms with Gasteiger partial charge in [-0.05, 0) is 56.0 Å². The van der Waals surface area contributed by atoms with Crippen molar-refractivity contribution < 1.29 is 9.59 Å². The molecule has 1 aromatic carbocycles. The van der Waals surface area contributed by atoms with Gasteiger partial charge in [0.15, 0.2) is 0 Å². The Bertz CT molecular complexity index is 676. The van der Waals surface area contributed by atoms with E-state index in [9.17, 15) is 9.59 Å². The summed E-state index contributed by atoms with van der Waals surface area (Å²) in [6.07, 6.45) is 2.62. The van der Waals surface area contributed by atoms with Crippen molar-refractivity contribution in [1.82, 2.24) is 10.2 Å². The Labute approximate surface area is 148 Å². The van der Waals surface area contributed by atoms with Crippen LogP contribution in [-0.2, 0) is 4.79 Å². The number of hydrogen-bond acceptors (Lipinski definition) is 4. The molecule has 0 radical (unpaired) electrons. The van der Waals surface area contributed by atoms with Crippen LogP contribution in [0.15, 0.2) is 18.2 Å². The molecule has 4 rings (SSSR count). The Morgan fingerprint density at radius 2 is 1.84 bits per heavy atom. The van der Waals surface area contributed by atoms with E-state index in [2.05, 4.69) is 15.5 Å². The van der Waals surface area contributed by atoms with Gasteiger partial charge in [0.05, 0.1) is 11.4 Å². The highest BCUT2D eigenvalue weighted by Gasteiger charge is 2.32. The number of carbonyl (C=O) groups excluding carboxylic acids is 2. The number of carbonyl (C=O) groups is 2. The molecule has 2 saturated heterocycles. The molecule has 3 aliphatic heterocycles. The monoisotopic (exact) mass is 342 g/mol. The minimum absolute atomic E-state index is 0.00490. The van der Waals surface area contributed by atoms with Gasteiger partial charge in [-0.1, -0.05) is 0 Å². The van der Waals surface area contributed by atoms with Gasteiger partial charge in [0.2, 0.25) is 5.91 Å². The Morgan fingerprint density at radius 3 is 2.56 bits per heavy atom. The minimum Gasteiger partial charge on any atom is -0.372 e. The van der Waals surface area contributed by atoms with Gasteiger partial charge in [-0.15, -0.1) is 0 Å². The number of hydrogen-bond donors (Lipinski definition) is 2. The maximum absolute atomic E-state index is 13.0. The second-order valence-corrected chi connectivity index (χ2v) is 7.50. The number of anilines is 2. The zero-order valence-corrected chi connectivity index (χ0v) is 14.8. The fraction of sp³-hybridized carbons (Fsp3) is 0.579. The standard InChI is InChI=1S/C19H26N4O2/c1-22-7-6-18(24)21-16-10-13(2-3-17(16)22)19(25)23-8-4-14-11-20-12-15(14)5-9-23/h2-3,10,14-15,20H,4-9,11-12H2,1H3,(H,21,24)/t14-,15+. The fourth-order valence-corrected chi connectivity index (χ4v) is 4.31. The highest BCUT2D eigenvalue weighted by Crippen LogP contribution is 2.31. The van der Waals surface area contributed by atoms with Gasteiger partial charge in [-0.2, -0.15) is 0 Å². The normalized spacial score (nSPS) is 26.4. The van der Waals surface area contributed by atoms with Gasteiger partial charge in [0, 0.05) is 38.7 Å². The summed E-state index contributed by atoms with van der Waals surface area (Å²) in [4.78, 5) is 28.9. The zero-order chi connectivity index (χ0) is 17.4. The Morgan fingerprint density at radius 1 is 1.12 bits per heavy atom. The van der Waals surface area contributed by atoms with E-state index < -0.39 is 0 Å². The summed E-state index contributed by atoms with van der Waals surface area (Å²) >= 11 is 0. The summed E-state index contributed by atoms with van der Waals surface area (Å²) in [5.74, 6) is 1.50. The number of fused-ring (bicyclic) bond motifs is 2. The molecule has 3 aliphatic rings. The predicted octanol–water partition coefficient (Wildman–Crippen LogP) is 1.54. The maximum atomic E-state index is 13.0. The average molecular weight is 342 g/mol. The number of rotatable bonds is 1. The summed E-state index contributed by atoms with van der Waals surface area (Å²) in [7, 11) is 1.97. The first-order valence-electron chi connectivity index (χ1n) is 9.27. The zero-order valence-electron chi connectivity index (χ0n) is 14.8. The maximum Gasteiger partial charge on any atom is 0.253 e. The first-order chi connectivity index (χ1) is 12.1. The van der Waals surface area contributed by atoms with Crippen molar-refractivity contribution in [2.24, 2.45) is 11.8 Å². The molecule has 2 amide bonds. The topological polar surface area (TPSA) is 64.7 Å². The quantitative estimate of drug-likeness (QED) is 0.812. The number of likely N-dealkylation sites (tertiary alicyclic amines) is 1. The van der Waals surface area contributed by atoms with Crippen molar-refractivity contribution in [3.8, 4) is 0 Å². The van der Waals surface area contributed by atoms with E-state index in [-0.39, 0.29) is 11.8 Å². The summed E-state index contributed by atoms with van der Waals surface area (Å²) in [6, 6.07) is 5.68. The third-order valence-electron chi connectivity index (χ3n) is 5.91. The van der Waals surface area contributed by atoms with Crippen LogP contribution in [-0.4, -0.2) is 56.5 Å². The van der Waals surface area contributed by atoms with Crippen molar-refractivity contribution in [2.75, 3.05) is 50.0 Å². The van der Waals surface area contributed by atoms with Gasteiger partial charge >= 0.3 is 0 Å². The molecule has 1 aromatic rings. The lowest BCUT2D eigenvalue weighted by atomic mass is 9.92. The number of benzene rings is 1. The van der Waals surface area contributed by atoms with Crippen LogP contribution in [0.5, 0.6) is 0 Å². The Balaban J connectivity index is 1.53. The number of amides is 2. The molecule has 2 atom stereocenters. The van der Waals surface area contributed by atoms with Crippen LogP contribution in [0.25, 0.3) is 0 Å². The van der Waals surface area contributed by atoms with Gasteiger partial charge < -0.3 is 20.4 Å². The molecule has 0 aliphatic carbocycles. The molecule has 0 saturated carbocycles. The van der Waals surface area contributed by atoms with Crippen LogP contribution >= 0.6 is 0 Å². The van der Waals surface area contributed by atoms with Gasteiger partial charge in [0.1, 0.15) is 0 Å². The van der Waals surface area contributed by atoms with E-state index in [0.717, 1.165) is 50.4 Å². The van der Waals surface area contributed by atoms with E-state index in [4.69, 9.17) is 0 Å². The Hall–Kier alpha value is -2.08. The minimum atomic E-state index is 0.00490. The molecule has 25 heavy (non-hydrogen) atoms. The second kappa shape index (κ2) is 6.67. The second-order valence-electron chi connectivity index (χ2n) is 7.50. The fourth-order valence-electron chi connectivity index (χ4n) is 4.31. The third-order valence-corrected chi connectivity index (χ3v) is 5.91. The van der Waals surface area contributed by atoms with Crippen LogP contribution in [0.2, 0.25) is 0 Å². The molecule has 2 fully saturated rings. The molecule has 3 heterocycles. The largest absolute Gasteiger partial charge is 0.372 e. The van der Waals surface area contributed by atoms with E-state index in [1.54, 1.807) is 0 Å². The predicted molar refractivity (Wildman–Crippen MR) is 97.9 cm³/mol. The van der Waals surface area contributed by atoms with Crippen molar-refractivity contribution in [2.45, 2.75) is 19.3 Å². The van der Waals surface area contributed by atoms with Crippen LogP contribution in [0.1, 0.15) is 29.6 Å². The SMILES string of the molecule is CN1CCC(=O)Nc2cc(C(=O)N3CC[C@@H]4CNC[C@@H]4CC3)ccc21. The summed E-state index contributed by atoms with van der Waals surface area (Å²) in [5.41, 5.74) is 2.38. The van der Waals surface area contributed by atoms with Gasteiger partial charge in [-0.25, -0.2) is 0 Å². The highest BCUT2D eigenvalue weighted by atomic mass is 16.2. The molecule has 2 N–H and O–H groups in total. The molecular formula is C19H26N4O2. The summed E-state index contributed by atoms with van der Waals surface area (Å²) in [6.45, 7) is 4.51. The Kier molecular flexibility index (Phi) is 4.37. The third kappa shape index (κ3) is 3.23. The van der Waals surface area contributed by atoms with Crippen LogP contribution in [0.4, 0.5) is 11.4 Å². The lowest BCUT2D eigenvalue weighted by Gasteiger charge is -2.23. The molecule has 0 bridgehead atoms. The number of nitrogens with zero attached hydrogens (tertiary/aromatic N) is 2. The lowest BCUT2D eigenvalue weighted by Crippen LogP contribution is -2.32. The van der Waals surface area contributed by atoms with Crippen molar-refractivity contribution >= 4 is 23.2 Å². The highest BCUT2D eigenvalue weighted by molar-refractivity contribution is 6.00. The van der Waals surface area contributed by atoms with Crippen LogP contribution in [0, 0.1) is 11.8 Å². The van der Waals surface area contributed by atoms with E-state index in [0.29, 0.717) is 30.4 Å². The number of nitrogens with one attached hydrogen (secondary N) is 2. The van der Waals surface area contributed by atoms with Crippen molar-refractivity contribution in [3.63, 3.8) is 0 Å². The van der Waals surface area contributed by atoms with E-state index in [1.165, 1.54) is 0 Å². The van der Waals surface area contributed by atoms with E-state index >= 15 is 0 Å². The first kappa shape index (κ1) is 16.4. The van der Waals surface area contributed by atoms with Gasteiger partial charge in [0.25, 0.3) is 5.91 Å². The first-order valence-corrected chi connectivity index (χ1v) is 9.27. The van der Waals surface area contributed by atoms with Crippen molar-refractivity contribution in [3.05, 3.63) is 23.8 Å². The van der Waals surface area contributed by atoms with Crippen LogP contribution < -0.4 is 15.5 Å². The lowest BCUT2D eigenvalue weighted by molar-refractivity contribution is -0.115. The molecular weight excluding hydrogens is 316 g/mol. The molecule has 6 nitrogen and oxygen atoms in total. The van der Waals surface area contributed by atoms with Crippen LogP contribution in [0.3, 0.4) is 0 Å². The smallest absolute Gasteiger partial charge is 0.253 e. The van der Waals surface area contributed by atoms with E-state index in [1.807, 2.05) is 30.1 Å². The summed E-state index contributed by atoms with van der Waals surface area (Å²) in [5, 5.41) is 6.40. The average Bonchev–Trinajstić information content (AvgIpc) is 2.90. The summed E-state index contributed by atoms with van der Waals surface area (Å²) < 4.78 is 0. The van der Waals surface area contributed by atoms with Gasteiger partial charge in [-0.3, -0.25) is 9.59 Å². The molecule has 0 unspecified atom stereocenters. The molecule has 134 valence electrons.